The molecule has 0 bridgehead atoms. The highest BCUT2D eigenvalue weighted by atomic mass is 32.2. The van der Waals surface area contributed by atoms with E-state index in [2.05, 4.69) is 10.5 Å². The summed E-state index contributed by atoms with van der Waals surface area (Å²) >= 11 is 0. The van der Waals surface area contributed by atoms with Crippen LogP contribution in [0.25, 0.3) is 0 Å². The van der Waals surface area contributed by atoms with Crippen molar-refractivity contribution in [1.82, 2.24) is 9.73 Å². The highest BCUT2D eigenvalue weighted by Gasteiger charge is 2.33. The molecular formula is C24H31N3O5S. The van der Waals surface area contributed by atoms with E-state index in [1.165, 1.54) is 24.7 Å². The summed E-state index contributed by atoms with van der Waals surface area (Å²) in [4.78, 5) is 12.9. The number of aryl methyl sites for hydroxylation is 1. The van der Waals surface area contributed by atoms with E-state index >= 15 is 0 Å². The van der Waals surface area contributed by atoms with E-state index < -0.39 is 15.9 Å². The lowest BCUT2D eigenvalue weighted by Crippen LogP contribution is -2.46. The van der Waals surface area contributed by atoms with Crippen LogP contribution in [0.1, 0.15) is 43.2 Å². The van der Waals surface area contributed by atoms with Crippen molar-refractivity contribution in [2.75, 3.05) is 20.8 Å². The van der Waals surface area contributed by atoms with Gasteiger partial charge in [-0.05, 0) is 44.0 Å². The van der Waals surface area contributed by atoms with Crippen LogP contribution in [0.5, 0.6) is 11.5 Å². The van der Waals surface area contributed by atoms with Crippen LogP contribution in [0.2, 0.25) is 0 Å². The average Bonchev–Trinajstić information content (AvgIpc) is 2.83. The molecule has 2 aromatic rings. The maximum Gasteiger partial charge on any atom is 0.255 e. The monoisotopic (exact) mass is 473 g/mol. The zero-order chi connectivity index (χ0) is 23.8. The number of amides is 1. The van der Waals surface area contributed by atoms with E-state index in [9.17, 15) is 13.2 Å². The highest BCUT2D eigenvalue weighted by molar-refractivity contribution is 7.89. The van der Waals surface area contributed by atoms with Crippen LogP contribution in [0.3, 0.4) is 0 Å². The zero-order valence-electron chi connectivity index (χ0n) is 19.3. The lowest BCUT2D eigenvalue weighted by Gasteiger charge is -2.32. The molecule has 0 aromatic heterocycles. The smallest absolute Gasteiger partial charge is 0.255 e. The van der Waals surface area contributed by atoms with Gasteiger partial charge in [0.05, 0.1) is 31.9 Å². The minimum Gasteiger partial charge on any atom is -0.493 e. The molecule has 0 unspecified atom stereocenters. The normalized spacial score (nSPS) is 15.0. The fraction of sp³-hybridized carbons (Fsp3) is 0.417. The number of ether oxygens (including phenoxy) is 2. The molecular weight excluding hydrogens is 442 g/mol. The van der Waals surface area contributed by atoms with Gasteiger partial charge in [-0.2, -0.15) is 9.41 Å². The van der Waals surface area contributed by atoms with Crippen LogP contribution in [-0.2, 0) is 14.8 Å². The minimum absolute atomic E-state index is 0.191. The second-order valence-electron chi connectivity index (χ2n) is 8.03. The van der Waals surface area contributed by atoms with Crippen molar-refractivity contribution in [2.45, 2.75) is 50.0 Å². The molecule has 0 radical (unpaired) electrons. The number of carbonyl (C=O) groups is 1. The van der Waals surface area contributed by atoms with Gasteiger partial charge in [0, 0.05) is 11.6 Å². The van der Waals surface area contributed by atoms with E-state index in [1.807, 2.05) is 6.92 Å². The van der Waals surface area contributed by atoms with E-state index in [0.717, 1.165) is 37.7 Å². The topological polar surface area (TPSA) is 97.3 Å². The number of rotatable bonds is 9. The molecule has 1 aliphatic rings. The molecule has 8 nitrogen and oxygen atoms in total. The van der Waals surface area contributed by atoms with Gasteiger partial charge < -0.3 is 9.47 Å². The van der Waals surface area contributed by atoms with Crippen molar-refractivity contribution in [1.29, 1.82) is 0 Å². The Bertz CT molecular complexity index is 1080. The predicted molar refractivity (Wildman–Crippen MR) is 127 cm³/mol. The molecule has 9 heteroatoms. The second kappa shape index (κ2) is 11.3. The summed E-state index contributed by atoms with van der Waals surface area (Å²) in [5.74, 6) is 0.526. The summed E-state index contributed by atoms with van der Waals surface area (Å²) in [7, 11) is -0.769. The SMILES string of the molecule is COc1cccc(/C=N\NC(=O)CN(C2CCCCC2)S(=O)(=O)c2ccc(C)cc2)c1OC. The van der Waals surface area contributed by atoms with Gasteiger partial charge in [-0.3, -0.25) is 4.79 Å². The third kappa shape index (κ3) is 6.11. The molecule has 1 aliphatic carbocycles. The third-order valence-corrected chi connectivity index (χ3v) is 7.65. The van der Waals surface area contributed by atoms with Crippen molar-refractivity contribution in [3.63, 3.8) is 0 Å². The Balaban J connectivity index is 1.77. The molecule has 1 amide bonds. The van der Waals surface area contributed by atoms with Crippen molar-refractivity contribution in [2.24, 2.45) is 5.10 Å². The summed E-state index contributed by atoms with van der Waals surface area (Å²) < 4.78 is 38.8. The molecule has 2 aromatic carbocycles. The number of nitrogens with one attached hydrogen (secondary N) is 1. The molecule has 0 spiro atoms. The molecule has 178 valence electrons. The lowest BCUT2D eigenvalue weighted by atomic mass is 9.95. The molecule has 33 heavy (non-hydrogen) atoms. The first-order valence-electron chi connectivity index (χ1n) is 11.0. The Hall–Kier alpha value is -2.91. The fourth-order valence-electron chi connectivity index (χ4n) is 3.99. The maximum atomic E-state index is 13.4. The van der Waals surface area contributed by atoms with Crippen LogP contribution in [0, 0.1) is 6.92 Å². The van der Waals surface area contributed by atoms with Gasteiger partial charge in [0.15, 0.2) is 11.5 Å². The van der Waals surface area contributed by atoms with Crippen LogP contribution in [0.4, 0.5) is 0 Å². The second-order valence-corrected chi connectivity index (χ2v) is 9.92. The standard InChI is InChI=1S/C24H31N3O5S/c1-18-12-14-21(15-13-18)33(29,30)27(20-9-5-4-6-10-20)17-23(28)26-25-16-19-8-7-11-22(31-2)24(19)32-3/h7-8,11-16,20H,4-6,9-10,17H2,1-3H3,(H,26,28)/b25-16-. The summed E-state index contributed by atoms with van der Waals surface area (Å²) in [6, 6.07) is 11.8. The van der Waals surface area contributed by atoms with Gasteiger partial charge >= 0.3 is 0 Å². The van der Waals surface area contributed by atoms with Crippen molar-refractivity contribution < 1.29 is 22.7 Å². The van der Waals surface area contributed by atoms with Crippen LogP contribution >= 0.6 is 0 Å². The number of hydrogen-bond donors (Lipinski definition) is 1. The van der Waals surface area contributed by atoms with Gasteiger partial charge in [0.25, 0.3) is 5.91 Å². The van der Waals surface area contributed by atoms with Crippen LogP contribution in [0.15, 0.2) is 52.5 Å². The van der Waals surface area contributed by atoms with Crippen molar-refractivity contribution in [3.05, 3.63) is 53.6 Å². The summed E-state index contributed by atoms with van der Waals surface area (Å²) in [6.45, 7) is 1.60. The Morgan fingerprint density at radius 1 is 1.09 bits per heavy atom. The predicted octanol–water partition coefficient (Wildman–Crippen LogP) is 3.49. The Morgan fingerprint density at radius 2 is 1.79 bits per heavy atom. The maximum absolute atomic E-state index is 13.4. The fourth-order valence-corrected chi connectivity index (χ4v) is 5.63. The number of hydrazone groups is 1. The van der Waals surface area contributed by atoms with Crippen LogP contribution < -0.4 is 14.9 Å². The Labute approximate surface area is 195 Å². The Morgan fingerprint density at radius 3 is 2.42 bits per heavy atom. The quantitative estimate of drug-likeness (QED) is 0.444. The number of sulfonamides is 1. The molecule has 0 atom stereocenters. The molecule has 1 fully saturated rings. The van der Waals surface area contributed by atoms with Gasteiger partial charge in [-0.25, -0.2) is 13.8 Å². The minimum atomic E-state index is -3.83. The van der Waals surface area contributed by atoms with Gasteiger partial charge in [0.1, 0.15) is 0 Å². The average molecular weight is 474 g/mol. The molecule has 0 heterocycles. The molecule has 0 aliphatic heterocycles. The van der Waals surface area contributed by atoms with Crippen molar-refractivity contribution in [3.8, 4) is 11.5 Å². The third-order valence-electron chi connectivity index (χ3n) is 5.74. The number of carbonyl (C=O) groups excluding carboxylic acids is 1. The number of methoxy groups -OCH3 is 2. The lowest BCUT2D eigenvalue weighted by molar-refractivity contribution is -0.121. The van der Waals surface area contributed by atoms with E-state index in [1.54, 1.807) is 42.5 Å². The summed E-state index contributed by atoms with van der Waals surface area (Å²) in [5.41, 5.74) is 4.04. The largest absolute Gasteiger partial charge is 0.493 e. The number of hydrogen-bond acceptors (Lipinski definition) is 6. The van der Waals surface area contributed by atoms with Gasteiger partial charge in [0.2, 0.25) is 10.0 Å². The molecule has 0 saturated heterocycles. The highest BCUT2D eigenvalue weighted by Crippen LogP contribution is 2.30. The number of benzene rings is 2. The first-order chi connectivity index (χ1) is 15.9. The summed E-state index contributed by atoms with van der Waals surface area (Å²) in [6.07, 6.45) is 5.89. The number of nitrogens with zero attached hydrogens (tertiary/aromatic N) is 2. The first-order valence-corrected chi connectivity index (χ1v) is 12.4. The summed E-state index contributed by atoms with van der Waals surface area (Å²) in [5, 5.41) is 4.01. The van der Waals surface area contributed by atoms with Gasteiger partial charge in [-0.1, -0.05) is 43.0 Å². The van der Waals surface area contributed by atoms with Gasteiger partial charge in [-0.15, -0.1) is 0 Å². The molecule has 1 N–H and O–H groups in total. The Kier molecular flexibility index (Phi) is 8.46. The molecule has 3 rings (SSSR count). The van der Waals surface area contributed by atoms with E-state index in [4.69, 9.17) is 9.47 Å². The van der Waals surface area contributed by atoms with E-state index in [-0.39, 0.29) is 17.5 Å². The van der Waals surface area contributed by atoms with Crippen molar-refractivity contribution >= 4 is 22.1 Å². The van der Waals surface area contributed by atoms with Crippen LogP contribution in [-0.4, -0.2) is 51.7 Å². The number of para-hydroxylation sites is 1. The first kappa shape index (κ1) is 24.7. The zero-order valence-corrected chi connectivity index (χ0v) is 20.1. The molecule has 1 saturated carbocycles. The van der Waals surface area contributed by atoms with E-state index in [0.29, 0.717) is 17.1 Å².